The Hall–Kier alpha value is -3.33. The van der Waals surface area contributed by atoms with E-state index in [4.69, 9.17) is 9.47 Å². The van der Waals surface area contributed by atoms with Crippen molar-refractivity contribution in [2.75, 3.05) is 39.9 Å². The first-order valence-corrected chi connectivity index (χ1v) is 13.3. The lowest BCUT2D eigenvalue weighted by atomic mass is 10.0. The largest absolute Gasteiger partial charge is 0.494 e. The number of ether oxygens (including phenoxy) is 2. The van der Waals surface area contributed by atoms with E-state index in [9.17, 15) is 9.59 Å². The van der Waals surface area contributed by atoms with Crippen LogP contribution in [0.4, 0.5) is 0 Å². The number of carbonyl (C=O) groups excluding carboxylic acids is 2. The maximum atomic E-state index is 13.1. The van der Waals surface area contributed by atoms with Gasteiger partial charge in [0.1, 0.15) is 11.5 Å². The van der Waals surface area contributed by atoms with Crippen molar-refractivity contribution in [3.8, 4) is 11.5 Å². The summed E-state index contributed by atoms with van der Waals surface area (Å²) >= 11 is 0. The molecular weight excluding hydrogens is 551 g/mol. The van der Waals surface area contributed by atoms with Crippen LogP contribution < -0.4 is 20.1 Å². The molecule has 0 saturated heterocycles. The van der Waals surface area contributed by atoms with Crippen molar-refractivity contribution >= 4 is 36.6 Å². The van der Waals surface area contributed by atoms with E-state index in [1.807, 2.05) is 55.6 Å². The van der Waals surface area contributed by atoms with Gasteiger partial charge in [-0.15, -0.1) is 24.8 Å². The number of halogens is 2. The topological polar surface area (TPSA) is 92.8 Å². The number of aromatic nitrogens is 1. The Morgan fingerprint density at radius 2 is 1.95 bits per heavy atom. The van der Waals surface area contributed by atoms with E-state index in [1.54, 1.807) is 17.3 Å². The van der Waals surface area contributed by atoms with Gasteiger partial charge in [-0.2, -0.15) is 0 Å². The number of amides is 2. The van der Waals surface area contributed by atoms with Crippen molar-refractivity contribution in [2.45, 2.75) is 31.7 Å². The fourth-order valence-corrected chi connectivity index (χ4v) is 5.05. The molecule has 2 aromatic carbocycles. The summed E-state index contributed by atoms with van der Waals surface area (Å²) in [5, 5.41) is 6.48. The number of likely N-dealkylation sites (N-methyl/N-ethyl adjacent to an activating group) is 1. The first kappa shape index (κ1) is 31.2. The fourth-order valence-electron chi connectivity index (χ4n) is 5.05. The zero-order chi connectivity index (χ0) is 26.3. The standard InChI is InChI=1S/C30H34N4O4.2ClH/c1-34(30(36)26-5-2-4-22-12-19-38-28(22)26)17-16-32-27(21-9-13-31-14-10-21)6-3-18-37-24-7-8-25-23(20-24)11-15-33-29(25)35;;/h2,4-5,7-10,13-14,20,27,32H,3,6,11-12,15-19H2,1H3,(H,33,35);2*1H. The molecule has 0 fully saturated rings. The lowest BCUT2D eigenvalue weighted by Crippen LogP contribution is -2.35. The minimum atomic E-state index is -0.0260. The highest BCUT2D eigenvalue weighted by molar-refractivity contribution is 5.97. The number of hydrogen-bond acceptors (Lipinski definition) is 6. The highest BCUT2D eigenvalue weighted by atomic mass is 35.5. The summed E-state index contributed by atoms with van der Waals surface area (Å²) in [4.78, 5) is 30.9. The fraction of sp³-hybridized carbons (Fsp3) is 0.367. The van der Waals surface area contributed by atoms with Gasteiger partial charge in [0, 0.05) is 57.1 Å². The van der Waals surface area contributed by atoms with Gasteiger partial charge < -0.3 is 25.0 Å². The van der Waals surface area contributed by atoms with Crippen molar-refractivity contribution < 1.29 is 19.1 Å². The first-order valence-electron chi connectivity index (χ1n) is 13.3. The van der Waals surface area contributed by atoms with Crippen molar-refractivity contribution in [3.63, 3.8) is 0 Å². The molecular formula is C30H36Cl2N4O4. The van der Waals surface area contributed by atoms with Gasteiger partial charge in [-0.25, -0.2) is 0 Å². The van der Waals surface area contributed by atoms with E-state index in [0.717, 1.165) is 59.4 Å². The van der Waals surface area contributed by atoms with E-state index in [2.05, 4.69) is 15.6 Å². The lowest BCUT2D eigenvalue weighted by molar-refractivity contribution is 0.0791. The summed E-state index contributed by atoms with van der Waals surface area (Å²) in [6, 6.07) is 15.6. The third-order valence-corrected chi connectivity index (χ3v) is 7.15. The van der Waals surface area contributed by atoms with Crippen LogP contribution in [0, 0.1) is 0 Å². The number of nitrogens with one attached hydrogen (secondary N) is 2. The minimum absolute atomic E-state index is 0. The molecule has 5 rings (SSSR count). The third kappa shape index (κ3) is 7.44. The summed E-state index contributed by atoms with van der Waals surface area (Å²) in [5.74, 6) is 1.48. The second-order valence-corrected chi connectivity index (χ2v) is 9.72. The number of fused-ring (bicyclic) bond motifs is 2. The van der Waals surface area contributed by atoms with Crippen LogP contribution in [0.1, 0.15) is 56.3 Å². The Bertz CT molecular complexity index is 1290. The average molecular weight is 588 g/mol. The Kier molecular flexibility index (Phi) is 11.6. The van der Waals surface area contributed by atoms with Crippen molar-refractivity contribution in [3.05, 3.63) is 88.7 Å². The van der Waals surface area contributed by atoms with Gasteiger partial charge in [-0.3, -0.25) is 14.6 Å². The van der Waals surface area contributed by atoms with Crippen LogP contribution in [0.5, 0.6) is 11.5 Å². The monoisotopic (exact) mass is 586 g/mol. The van der Waals surface area contributed by atoms with Gasteiger partial charge in [0.15, 0.2) is 0 Å². The van der Waals surface area contributed by atoms with Crippen molar-refractivity contribution in [2.24, 2.45) is 0 Å². The van der Waals surface area contributed by atoms with E-state index < -0.39 is 0 Å². The van der Waals surface area contributed by atoms with Gasteiger partial charge in [-0.1, -0.05) is 12.1 Å². The number of pyridine rings is 1. The Balaban J connectivity index is 0.00000220. The number of benzene rings is 2. The number of nitrogens with zero attached hydrogens (tertiary/aromatic N) is 2. The predicted octanol–water partition coefficient (Wildman–Crippen LogP) is 4.41. The molecule has 1 unspecified atom stereocenters. The van der Waals surface area contributed by atoms with Crippen LogP contribution in [0.3, 0.4) is 0 Å². The van der Waals surface area contributed by atoms with Crippen LogP contribution in [0.15, 0.2) is 60.9 Å². The molecule has 0 radical (unpaired) electrons. The summed E-state index contributed by atoms with van der Waals surface area (Å²) in [6.45, 7) is 3.09. The van der Waals surface area contributed by atoms with Crippen LogP contribution in [0.25, 0.3) is 0 Å². The number of hydrogen-bond donors (Lipinski definition) is 2. The van der Waals surface area contributed by atoms with E-state index in [0.29, 0.717) is 38.4 Å². The lowest BCUT2D eigenvalue weighted by Gasteiger charge is -2.23. The second kappa shape index (κ2) is 14.9. The predicted molar refractivity (Wildman–Crippen MR) is 159 cm³/mol. The van der Waals surface area contributed by atoms with Gasteiger partial charge in [0.25, 0.3) is 11.8 Å². The smallest absolute Gasteiger partial charge is 0.257 e. The second-order valence-electron chi connectivity index (χ2n) is 9.72. The number of rotatable bonds is 11. The van der Waals surface area contributed by atoms with Gasteiger partial charge in [0.05, 0.1) is 18.8 Å². The average Bonchev–Trinajstić information content (AvgIpc) is 3.44. The summed E-state index contributed by atoms with van der Waals surface area (Å²) in [6.07, 6.45) is 6.99. The molecule has 0 saturated carbocycles. The normalized spacial score (nSPS) is 13.9. The molecule has 1 atom stereocenters. The molecule has 2 aliphatic heterocycles. The van der Waals surface area contributed by atoms with Crippen molar-refractivity contribution in [1.29, 1.82) is 0 Å². The van der Waals surface area contributed by atoms with Crippen LogP contribution in [-0.4, -0.2) is 61.6 Å². The molecule has 0 aliphatic carbocycles. The maximum absolute atomic E-state index is 13.1. The Labute approximate surface area is 247 Å². The van der Waals surface area contributed by atoms with Gasteiger partial charge in [0.2, 0.25) is 0 Å². The van der Waals surface area contributed by atoms with Crippen molar-refractivity contribution in [1.82, 2.24) is 20.5 Å². The first-order chi connectivity index (χ1) is 18.6. The molecule has 10 heteroatoms. The molecule has 214 valence electrons. The van der Waals surface area contributed by atoms with E-state index in [1.165, 1.54) is 0 Å². The molecule has 2 aliphatic rings. The highest BCUT2D eigenvalue weighted by Crippen LogP contribution is 2.30. The quantitative estimate of drug-likeness (QED) is 0.323. The van der Waals surface area contributed by atoms with E-state index in [-0.39, 0.29) is 42.7 Å². The molecule has 3 heterocycles. The summed E-state index contributed by atoms with van der Waals surface area (Å²) in [5.41, 5.74) is 4.66. The van der Waals surface area contributed by atoms with Crippen LogP contribution >= 0.6 is 24.8 Å². The summed E-state index contributed by atoms with van der Waals surface area (Å²) < 4.78 is 11.7. The highest BCUT2D eigenvalue weighted by Gasteiger charge is 2.23. The molecule has 1 aromatic heterocycles. The molecule has 2 N–H and O–H groups in total. The van der Waals surface area contributed by atoms with Crippen LogP contribution in [-0.2, 0) is 12.8 Å². The number of para-hydroxylation sites is 1. The zero-order valence-electron chi connectivity index (χ0n) is 22.6. The van der Waals surface area contributed by atoms with E-state index >= 15 is 0 Å². The molecule has 0 spiro atoms. The molecule has 2 amide bonds. The Morgan fingerprint density at radius 1 is 1.12 bits per heavy atom. The van der Waals surface area contributed by atoms with Gasteiger partial charge >= 0.3 is 0 Å². The summed E-state index contributed by atoms with van der Waals surface area (Å²) in [7, 11) is 1.83. The minimum Gasteiger partial charge on any atom is -0.494 e. The zero-order valence-corrected chi connectivity index (χ0v) is 24.2. The van der Waals surface area contributed by atoms with Gasteiger partial charge in [-0.05, 0) is 72.4 Å². The molecule has 3 aromatic rings. The Morgan fingerprint density at radius 3 is 2.77 bits per heavy atom. The third-order valence-electron chi connectivity index (χ3n) is 7.15. The van der Waals surface area contributed by atoms with Crippen LogP contribution in [0.2, 0.25) is 0 Å². The SMILES string of the molecule is CN(CCNC(CCCOc1ccc2c(c1)CCNC2=O)c1ccncc1)C(=O)c1cccc2c1OCC2.Cl.Cl. The molecule has 40 heavy (non-hydrogen) atoms. The molecule has 0 bridgehead atoms. The maximum Gasteiger partial charge on any atom is 0.257 e. The molecule has 8 nitrogen and oxygen atoms in total. The number of carbonyl (C=O) groups is 2.